The topological polar surface area (TPSA) is 61.4 Å². The van der Waals surface area contributed by atoms with Gasteiger partial charge in [-0.25, -0.2) is 9.78 Å². The Balaban J connectivity index is 1.91. The molecule has 2 aromatic heterocycles. The zero-order chi connectivity index (χ0) is 22.5. The Morgan fingerprint density at radius 3 is 2.56 bits per heavy atom. The number of ether oxygens (including phenoxy) is 1. The monoisotopic (exact) mass is 466 g/mol. The van der Waals surface area contributed by atoms with Crippen LogP contribution in [0.2, 0.25) is 5.02 Å². The van der Waals surface area contributed by atoms with Crippen LogP contribution in [0, 0.1) is 0 Å². The Morgan fingerprint density at radius 2 is 1.88 bits per heavy atom. The summed E-state index contributed by atoms with van der Waals surface area (Å²) in [6.45, 7) is 4.79. The number of nitrogens with zero attached hydrogens (tertiary/aromatic N) is 4. The van der Waals surface area contributed by atoms with Crippen LogP contribution in [0.4, 0.5) is 5.82 Å². The van der Waals surface area contributed by atoms with Crippen LogP contribution in [0.15, 0.2) is 71.3 Å². The molecule has 2 heterocycles. The molecule has 0 unspecified atom stereocenters. The number of hydrogen-bond acceptors (Lipinski definition) is 5. The summed E-state index contributed by atoms with van der Waals surface area (Å²) in [6, 6.07) is 17.7. The van der Waals surface area contributed by atoms with Gasteiger partial charge in [0.25, 0.3) is 0 Å². The molecule has 0 aliphatic heterocycles. The molecule has 4 rings (SSSR count). The molecular weight excluding hydrogens is 444 g/mol. The first-order valence-corrected chi connectivity index (χ1v) is 11.7. The Hall–Kier alpha value is -3.16. The van der Waals surface area contributed by atoms with Gasteiger partial charge >= 0.3 is 5.97 Å². The number of esters is 1. The van der Waals surface area contributed by atoms with Gasteiger partial charge in [-0.2, -0.15) is 4.99 Å². The zero-order valence-corrected chi connectivity index (χ0v) is 19.4. The van der Waals surface area contributed by atoms with E-state index in [9.17, 15) is 4.79 Å². The number of halogens is 1. The van der Waals surface area contributed by atoms with Gasteiger partial charge in [0, 0.05) is 22.6 Å². The molecule has 0 saturated carbocycles. The lowest BCUT2D eigenvalue weighted by Gasteiger charge is -2.09. The van der Waals surface area contributed by atoms with E-state index in [0.717, 1.165) is 23.4 Å². The first-order chi connectivity index (χ1) is 15.6. The van der Waals surface area contributed by atoms with Gasteiger partial charge < -0.3 is 9.30 Å². The van der Waals surface area contributed by atoms with E-state index in [4.69, 9.17) is 21.3 Å². The number of carbonyl (C=O) groups is 1. The van der Waals surface area contributed by atoms with Gasteiger partial charge in [-0.3, -0.25) is 4.57 Å². The van der Waals surface area contributed by atoms with E-state index in [-0.39, 0.29) is 0 Å². The van der Waals surface area contributed by atoms with Crippen LogP contribution in [0.25, 0.3) is 16.9 Å². The molecule has 0 bridgehead atoms. The molecule has 8 heteroatoms. The van der Waals surface area contributed by atoms with Gasteiger partial charge in [-0.15, -0.1) is 11.3 Å². The van der Waals surface area contributed by atoms with Crippen molar-refractivity contribution in [2.45, 2.75) is 26.8 Å². The SMILES string of the molecule is CCCn1cnc(N=c2scc(-c3ccc(Cl)cc3)n2-c2ccccc2)c1C(=O)OCC. The van der Waals surface area contributed by atoms with Crippen molar-refractivity contribution in [3.63, 3.8) is 0 Å². The molecule has 0 aliphatic carbocycles. The zero-order valence-electron chi connectivity index (χ0n) is 17.9. The lowest BCUT2D eigenvalue weighted by molar-refractivity contribution is 0.0514. The number of carbonyl (C=O) groups excluding carboxylic acids is 1. The second-order valence-corrected chi connectivity index (χ2v) is 8.30. The molecule has 32 heavy (non-hydrogen) atoms. The van der Waals surface area contributed by atoms with Crippen LogP contribution in [0.5, 0.6) is 0 Å². The Labute approximate surface area is 195 Å². The highest BCUT2D eigenvalue weighted by Crippen LogP contribution is 2.26. The molecule has 0 atom stereocenters. The third-order valence-corrected chi connectivity index (χ3v) is 5.89. The fourth-order valence-electron chi connectivity index (χ4n) is 3.40. The van der Waals surface area contributed by atoms with Crippen LogP contribution in [-0.2, 0) is 11.3 Å². The highest BCUT2D eigenvalue weighted by Gasteiger charge is 2.20. The van der Waals surface area contributed by atoms with Crippen molar-refractivity contribution in [3.8, 4) is 16.9 Å². The van der Waals surface area contributed by atoms with Crippen LogP contribution < -0.4 is 4.80 Å². The third-order valence-electron chi connectivity index (χ3n) is 4.82. The van der Waals surface area contributed by atoms with Crippen molar-refractivity contribution in [1.82, 2.24) is 14.1 Å². The average molecular weight is 467 g/mol. The van der Waals surface area contributed by atoms with Gasteiger partial charge in [-0.1, -0.05) is 48.9 Å². The lowest BCUT2D eigenvalue weighted by atomic mass is 10.1. The molecule has 164 valence electrons. The predicted octanol–water partition coefficient (Wildman–Crippen LogP) is 5.87. The second kappa shape index (κ2) is 9.97. The summed E-state index contributed by atoms with van der Waals surface area (Å²) < 4.78 is 9.14. The van der Waals surface area contributed by atoms with E-state index < -0.39 is 5.97 Å². The summed E-state index contributed by atoms with van der Waals surface area (Å²) in [7, 11) is 0. The summed E-state index contributed by atoms with van der Waals surface area (Å²) >= 11 is 7.58. The predicted molar refractivity (Wildman–Crippen MR) is 128 cm³/mol. The van der Waals surface area contributed by atoms with Crippen molar-refractivity contribution in [2.24, 2.45) is 4.99 Å². The molecule has 0 fully saturated rings. The van der Waals surface area contributed by atoms with Gasteiger partial charge in [0.05, 0.1) is 18.6 Å². The summed E-state index contributed by atoms with van der Waals surface area (Å²) in [5.41, 5.74) is 3.32. The Morgan fingerprint density at radius 1 is 1.12 bits per heavy atom. The molecule has 0 radical (unpaired) electrons. The minimum Gasteiger partial charge on any atom is -0.461 e. The van der Waals surface area contributed by atoms with E-state index in [0.29, 0.717) is 34.5 Å². The van der Waals surface area contributed by atoms with Crippen LogP contribution >= 0.6 is 22.9 Å². The molecular formula is C24H23ClN4O2S. The highest BCUT2D eigenvalue weighted by atomic mass is 35.5. The molecule has 0 amide bonds. The summed E-state index contributed by atoms with van der Waals surface area (Å²) in [5, 5.41) is 2.72. The van der Waals surface area contributed by atoms with Crippen molar-refractivity contribution >= 4 is 34.7 Å². The highest BCUT2D eigenvalue weighted by molar-refractivity contribution is 7.07. The van der Waals surface area contributed by atoms with E-state index in [1.54, 1.807) is 17.8 Å². The van der Waals surface area contributed by atoms with Gasteiger partial charge in [0.1, 0.15) is 0 Å². The average Bonchev–Trinajstić information content (AvgIpc) is 3.40. The van der Waals surface area contributed by atoms with Crippen molar-refractivity contribution in [2.75, 3.05) is 6.61 Å². The van der Waals surface area contributed by atoms with Crippen LogP contribution in [-0.4, -0.2) is 26.7 Å². The number of rotatable bonds is 7. The molecule has 0 saturated heterocycles. The number of aryl methyl sites for hydroxylation is 1. The smallest absolute Gasteiger partial charge is 0.358 e. The molecule has 2 aromatic carbocycles. The summed E-state index contributed by atoms with van der Waals surface area (Å²) in [4.78, 5) is 22.6. The minimum absolute atomic E-state index is 0.291. The van der Waals surface area contributed by atoms with Crippen LogP contribution in [0.1, 0.15) is 30.8 Å². The second-order valence-electron chi connectivity index (χ2n) is 7.02. The van der Waals surface area contributed by atoms with Gasteiger partial charge in [0.2, 0.25) is 0 Å². The Kier molecular flexibility index (Phi) is 6.87. The van der Waals surface area contributed by atoms with Crippen LogP contribution in [0.3, 0.4) is 0 Å². The van der Waals surface area contributed by atoms with E-state index >= 15 is 0 Å². The maximum absolute atomic E-state index is 12.7. The number of imidazole rings is 1. The molecule has 4 aromatic rings. The number of benzene rings is 2. The number of aromatic nitrogens is 3. The molecule has 0 spiro atoms. The maximum Gasteiger partial charge on any atom is 0.358 e. The Bertz CT molecular complexity index is 1270. The van der Waals surface area contributed by atoms with Crippen molar-refractivity contribution in [3.05, 3.63) is 81.8 Å². The number of hydrogen-bond donors (Lipinski definition) is 0. The molecule has 6 nitrogen and oxygen atoms in total. The molecule has 0 N–H and O–H groups in total. The first-order valence-electron chi connectivity index (χ1n) is 10.4. The van der Waals surface area contributed by atoms with E-state index in [2.05, 4.69) is 9.55 Å². The van der Waals surface area contributed by atoms with E-state index in [1.165, 1.54) is 11.3 Å². The lowest BCUT2D eigenvalue weighted by Crippen LogP contribution is -2.15. The standard InChI is InChI=1S/C24H23ClN4O2S/c1-3-14-28-16-26-22(21(28)23(30)31-4-2)27-24-29(19-8-6-5-7-9-19)20(15-32-24)17-10-12-18(25)13-11-17/h5-13,15-16H,3-4,14H2,1-2H3. The summed E-state index contributed by atoms with van der Waals surface area (Å²) in [6.07, 6.45) is 2.51. The van der Waals surface area contributed by atoms with Crippen molar-refractivity contribution < 1.29 is 9.53 Å². The maximum atomic E-state index is 12.7. The van der Waals surface area contributed by atoms with Gasteiger partial charge in [-0.05, 0) is 43.2 Å². The quantitative estimate of drug-likeness (QED) is 0.320. The normalized spacial score (nSPS) is 11.7. The molecule has 0 aliphatic rings. The number of para-hydroxylation sites is 1. The van der Waals surface area contributed by atoms with Gasteiger partial charge in [0.15, 0.2) is 16.3 Å². The number of thiazole rings is 1. The minimum atomic E-state index is -0.419. The fourth-order valence-corrected chi connectivity index (χ4v) is 4.43. The first kappa shape index (κ1) is 22.0. The summed E-state index contributed by atoms with van der Waals surface area (Å²) in [5.74, 6) is -0.0657. The largest absolute Gasteiger partial charge is 0.461 e. The van der Waals surface area contributed by atoms with E-state index in [1.807, 2.05) is 66.9 Å². The fraction of sp³-hybridized carbons (Fsp3) is 0.208. The van der Waals surface area contributed by atoms with Crippen molar-refractivity contribution in [1.29, 1.82) is 0 Å². The third kappa shape index (κ3) is 4.54.